The minimum atomic E-state index is 0.162. The second kappa shape index (κ2) is 7.35. The van der Waals surface area contributed by atoms with Crippen LogP contribution in [0.25, 0.3) is 0 Å². The van der Waals surface area contributed by atoms with Gasteiger partial charge in [-0.05, 0) is 35.3 Å². The van der Waals surface area contributed by atoms with Crippen LogP contribution in [0.4, 0.5) is 11.5 Å². The van der Waals surface area contributed by atoms with Gasteiger partial charge in [-0.2, -0.15) is 0 Å². The number of nitrogens with one attached hydrogen (secondary N) is 1. The summed E-state index contributed by atoms with van der Waals surface area (Å²) in [5.41, 5.74) is 2.52. The summed E-state index contributed by atoms with van der Waals surface area (Å²) in [7, 11) is 0. The number of hydrogen-bond acceptors (Lipinski definition) is 4. The van der Waals surface area contributed by atoms with Gasteiger partial charge in [0.05, 0.1) is 6.20 Å². The quantitative estimate of drug-likeness (QED) is 0.834. The van der Waals surface area contributed by atoms with Crippen LogP contribution in [-0.4, -0.2) is 46.2 Å². The van der Waals surface area contributed by atoms with Crippen molar-refractivity contribution in [3.8, 4) is 0 Å². The predicted octanol–water partition coefficient (Wildman–Crippen LogP) is 3.29. The first-order valence-corrected chi connectivity index (χ1v) is 9.02. The molecule has 1 aliphatic heterocycles. The Hall–Kier alpha value is -2.21. The van der Waals surface area contributed by atoms with Gasteiger partial charge in [0.2, 0.25) is 0 Å². The van der Waals surface area contributed by atoms with Crippen molar-refractivity contribution in [3.63, 3.8) is 0 Å². The lowest BCUT2D eigenvalue weighted by Crippen LogP contribution is -2.50. The molecular weight excluding hydrogens is 330 g/mol. The van der Waals surface area contributed by atoms with E-state index >= 15 is 0 Å². The van der Waals surface area contributed by atoms with Gasteiger partial charge in [0.25, 0.3) is 0 Å². The van der Waals surface area contributed by atoms with Crippen LogP contribution < -0.4 is 10.2 Å². The fourth-order valence-corrected chi connectivity index (χ4v) is 3.15. The normalized spacial score (nSPS) is 15.2. The van der Waals surface area contributed by atoms with Gasteiger partial charge in [-0.15, -0.1) is 0 Å². The number of piperazine rings is 1. The first-order valence-electron chi connectivity index (χ1n) is 8.61. The summed E-state index contributed by atoms with van der Waals surface area (Å²) < 4.78 is 0. The second-order valence-electron chi connectivity index (χ2n) is 7.30. The van der Waals surface area contributed by atoms with Crippen molar-refractivity contribution in [2.45, 2.75) is 26.2 Å². The molecule has 0 unspecified atom stereocenters. The molecule has 2 heterocycles. The van der Waals surface area contributed by atoms with E-state index in [1.165, 1.54) is 5.56 Å². The molecule has 3 rings (SSSR count). The van der Waals surface area contributed by atoms with Crippen molar-refractivity contribution in [3.05, 3.63) is 48.4 Å². The Morgan fingerprint density at radius 2 is 1.72 bits per heavy atom. The Morgan fingerprint density at radius 3 is 2.28 bits per heavy atom. The summed E-state index contributed by atoms with van der Waals surface area (Å²) in [6.07, 6.45) is 5.24. The first kappa shape index (κ1) is 17.6. The molecular formula is C19H25N5S. The van der Waals surface area contributed by atoms with E-state index in [1.807, 2.05) is 6.20 Å². The largest absolute Gasteiger partial charge is 0.352 e. The topological polar surface area (TPSA) is 44.3 Å². The first-order chi connectivity index (χ1) is 11.9. The van der Waals surface area contributed by atoms with E-state index in [0.29, 0.717) is 0 Å². The lowest BCUT2D eigenvalue weighted by atomic mass is 9.87. The van der Waals surface area contributed by atoms with Crippen LogP contribution in [0.1, 0.15) is 26.3 Å². The van der Waals surface area contributed by atoms with Crippen LogP contribution in [0.5, 0.6) is 0 Å². The molecule has 0 radical (unpaired) electrons. The molecule has 0 atom stereocenters. The monoisotopic (exact) mass is 355 g/mol. The molecule has 1 saturated heterocycles. The van der Waals surface area contributed by atoms with Crippen LogP contribution in [0.15, 0.2) is 42.9 Å². The molecule has 1 N–H and O–H groups in total. The maximum Gasteiger partial charge on any atom is 0.173 e. The van der Waals surface area contributed by atoms with Crippen molar-refractivity contribution in [1.82, 2.24) is 14.9 Å². The van der Waals surface area contributed by atoms with Gasteiger partial charge < -0.3 is 15.1 Å². The summed E-state index contributed by atoms with van der Waals surface area (Å²) in [4.78, 5) is 13.0. The Kier molecular flexibility index (Phi) is 5.18. The van der Waals surface area contributed by atoms with Gasteiger partial charge in [-0.3, -0.25) is 4.98 Å². The number of hydrogen-bond donors (Lipinski definition) is 1. The number of nitrogens with zero attached hydrogens (tertiary/aromatic N) is 4. The van der Waals surface area contributed by atoms with Crippen molar-refractivity contribution in [2.75, 3.05) is 36.4 Å². The van der Waals surface area contributed by atoms with E-state index in [2.05, 4.69) is 70.1 Å². The third-order valence-corrected chi connectivity index (χ3v) is 4.80. The van der Waals surface area contributed by atoms with Crippen molar-refractivity contribution < 1.29 is 0 Å². The zero-order valence-electron chi connectivity index (χ0n) is 15.1. The Morgan fingerprint density at radius 1 is 1.04 bits per heavy atom. The second-order valence-corrected chi connectivity index (χ2v) is 7.68. The summed E-state index contributed by atoms with van der Waals surface area (Å²) >= 11 is 5.59. The Labute approximate surface area is 155 Å². The molecule has 1 aromatic carbocycles. The van der Waals surface area contributed by atoms with Gasteiger partial charge >= 0.3 is 0 Å². The summed E-state index contributed by atoms with van der Waals surface area (Å²) in [6, 6.07) is 8.53. The lowest BCUT2D eigenvalue weighted by molar-refractivity contribution is 0.389. The third kappa shape index (κ3) is 4.45. The average Bonchev–Trinajstić information content (AvgIpc) is 2.62. The van der Waals surface area contributed by atoms with Gasteiger partial charge in [-0.1, -0.05) is 32.9 Å². The predicted molar refractivity (Wildman–Crippen MR) is 107 cm³/mol. The molecule has 5 nitrogen and oxygen atoms in total. The maximum atomic E-state index is 5.59. The number of thiocarbonyl (C=S) groups is 1. The van der Waals surface area contributed by atoms with E-state index < -0.39 is 0 Å². The van der Waals surface area contributed by atoms with E-state index in [4.69, 9.17) is 12.2 Å². The SMILES string of the molecule is CC(C)(C)c1ccc(NC(=S)N2CCN(c3cnccn3)CC2)cc1. The molecule has 6 heteroatoms. The molecule has 0 bridgehead atoms. The van der Waals surface area contributed by atoms with Crippen molar-refractivity contribution in [2.24, 2.45) is 0 Å². The molecule has 2 aromatic rings. The van der Waals surface area contributed by atoms with Crippen molar-refractivity contribution >= 4 is 28.8 Å². The number of anilines is 2. The maximum absolute atomic E-state index is 5.59. The molecule has 1 fully saturated rings. The zero-order chi connectivity index (χ0) is 17.9. The lowest BCUT2D eigenvalue weighted by Gasteiger charge is -2.36. The third-order valence-electron chi connectivity index (χ3n) is 4.44. The van der Waals surface area contributed by atoms with Crippen LogP contribution >= 0.6 is 12.2 Å². The molecule has 1 aliphatic rings. The molecule has 1 aromatic heterocycles. The average molecular weight is 356 g/mol. The van der Waals surface area contributed by atoms with Crippen molar-refractivity contribution in [1.29, 1.82) is 0 Å². The fourth-order valence-electron chi connectivity index (χ4n) is 2.85. The van der Waals surface area contributed by atoms with Gasteiger partial charge in [0.1, 0.15) is 5.82 Å². The molecule has 25 heavy (non-hydrogen) atoms. The number of rotatable bonds is 2. The van der Waals surface area contributed by atoms with E-state index in [0.717, 1.165) is 42.8 Å². The standard InChI is InChI=1S/C19H25N5S/c1-19(2,3)15-4-6-16(7-5-15)22-18(25)24-12-10-23(11-13-24)17-14-20-8-9-21-17/h4-9,14H,10-13H2,1-3H3,(H,22,25). The highest BCUT2D eigenvalue weighted by molar-refractivity contribution is 7.80. The minimum Gasteiger partial charge on any atom is -0.352 e. The Balaban J connectivity index is 1.54. The van der Waals surface area contributed by atoms with E-state index in [-0.39, 0.29) is 5.41 Å². The van der Waals surface area contributed by atoms with Crippen LogP contribution in [0, 0.1) is 0 Å². The van der Waals surface area contributed by atoms with Crippen LogP contribution in [0.2, 0.25) is 0 Å². The van der Waals surface area contributed by atoms with Crippen LogP contribution in [-0.2, 0) is 5.41 Å². The summed E-state index contributed by atoms with van der Waals surface area (Å²) in [6.45, 7) is 10.2. The molecule has 0 saturated carbocycles. The molecule has 0 aliphatic carbocycles. The molecule has 0 spiro atoms. The highest BCUT2D eigenvalue weighted by Crippen LogP contribution is 2.23. The Bertz CT molecular complexity index is 701. The van der Waals surface area contributed by atoms with E-state index in [1.54, 1.807) is 12.4 Å². The smallest absolute Gasteiger partial charge is 0.173 e. The van der Waals surface area contributed by atoms with Crippen LogP contribution in [0.3, 0.4) is 0 Å². The fraction of sp³-hybridized carbons (Fsp3) is 0.421. The van der Waals surface area contributed by atoms with Gasteiger partial charge in [-0.25, -0.2) is 4.98 Å². The summed E-state index contributed by atoms with van der Waals surface area (Å²) in [5, 5.41) is 4.14. The molecule has 132 valence electrons. The highest BCUT2D eigenvalue weighted by Gasteiger charge is 2.20. The number of benzene rings is 1. The van der Waals surface area contributed by atoms with Gasteiger partial charge in [0.15, 0.2) is 5.11 Å². The van der Waals surface area contributed by atoms with E-state index in [9.17, 15) is 0 Å². The minimum absolute atomic E-state index is 0.162. The van der Waals surface area contributed by atoms with Gasteiger partial charge in [0, 0.05) is 44.3 Å². The number of aromatic nitrogens is 2. The molecule has 0 amide bonds. The summed E-state index contributed by atoms with van der Waals surface area (Å²) in [5.74, 6) is 0.929. The zero-order valence-corrected chi connectivity index (χ0v) is 15.9. The highest BCUT2D eigenvalue weighted by atomic mass is 32.1.